The molecule has 0 radical (unpaired) electrons. The summed E-state index contributed by atoms with van der Waals surface area (Å²) in [5.74, 6) is 1.31. The smallest absolute Gasteiger partial charge is 0.201 e. The second-order valence-corrected chi connectivity index (χ2v) is 4.76. The summed E-state index contributed by atoms with van der Waals surface area (Å²) in [6.07, 6.45) is 2.36. The number of rotatable bonds is 4. The maximum absolute atomic E-state index is 6.01. The number of nitrogen functional groups attached to an aromatic ring is 1. The van der Waals surface area contributed by atoms with Crippen molar-refractivity contribution in [2.75, 3.05) is 5.73 Å². The molecule has 3 nitrogen and oxygen atoms in total. The number of nitrogens with zero attached hydrogens (tertiary/aromatic N) is 2. The third kappa shape index (κ3) is 2.28. The number of fused-ring (bicyclic) bond motifs is 1. The SMILES string of the molecule is CCC(CC)Cn1c(N)nc2cc(C)ccc21. The molecule has 1 aromatic carbocycles. The molecule has 2 N–H and O–H groups in total. The molecule has 0 unspecified atom stereocenters. The predicted molar refractivity (Wildman–Crippen MR) is 73.0 cm³/mol. The van der Waals surface area contributed by atoms with Gasteiger partial charge in [-0.1, -0.05) is 32.8 Å². The lowest BCUT2D eigenvalue weighted by molar-refractivity contribution is 0.427. The fraction of sp³-hybridized carbons (Fsp3) is 0.500. The maximum Gasteiger partial charge on any atom is 0.201 e. The zero-order valence-corrected chi connectivity index (χ0v) is 10.9. The third-order valence-electron chi connectivity index (χ3n) is 3.53. The van der Waals surface area contributed by atoms with E-state index in [0.29, 0.717) is 11.9 Å². The van der Waals surface area contributed by atoms with Crippen molar-refractivity contribution in [2.45, 2.75) is 40.2 Å². The number of aromatic nitrogens is 2. The van der Waals surface area contributed by atoms with Crippen LogP contribution in [0.5, 0.6) is 0 Å². The first-order valence-corrected chi connectivity index (χ1v) is 6.38. The highest BCUT2D eigenvalue weighted by atomic mass is 15.2. The van der Waals surface area contributed by atoms with Gasteiger partial charge in [-0.3, -0.25) is 0 Å². The summed E-state index contributed by atoms with van der Waals surface area (Å²) in [6.45, 7) is 7.51. The number of benzene rings is 1. The molecule has 0 atom stereocenters. The summed E-state index contributed by atoms with van der Waals surface area (Å²) in [7, 11) is 0. The van der Waals surface area contributed by atoms with Crippen LogP contribution in [0.4, 0.5) is 5.95 Å². The van der Waals surface area contributed by atoms with Crippen molar-refractivity contribution in [3.63, 3.8) is 0 Å². The standard InChI is InChI=1S/C14H21N3/c1-4-11(5-2)9-17-13-7-6-10(3)8-12(13)16-14(17)15/h6-8,11H,4-5,9H2,1-3H3,(H2,15,16). The van der Waals surface area contributed by atoms with E-state index in [4.69, 9.17) is 5.73 Å². The highest BCUT2D eigenvalue weighted by molar-refractivity contribution is 5.79. The van der Waals surface area contributed by atoms with E-state index in [9.17, 15) is 0 Å². The summed E-state index contributed by atoms with van der Waals surface area (Å²) in [5, 5.41) is 0. The van der Waals surface area contributed by atoms with Gasteiger partial charge >= 0.3 is 0 Å². The van der Waals surface area contributed by atoms with E-state index in [1.54, 1.807) is 0 Å². The largest absolute Gasteiger partial charge is 0.369 e. The van der Waals surface area contributed by atoms with Crippen molar-refractivity contribution in [1.29, 1.82) is 0 Å². The molecule has 3 heteroatoms. The summed E-state index contributed by atoms with van der Waals surface area (Å²) < 4.78 is 2.15. The normalized spacial score (nSPS) is 11.5. The second kappa shape index (κ2) is 4.78. The van der Waals surface area contributed by atoms with E-state index in [2.05, 4.69) is 48.5 Å². The van der Waals surface area contributed by atoms with Crippen molar-refractivity contribution in [2.24, 2.45) is 5.92 Å². The van der Waals surface area contributed by atoms with Crippen LogP contribution in [-0.2, 0) is 6.54 Å². The molecule has 2 aromatic rings. The Morgan fingerprint density at radius 2 is 2.00 bits per heavy atom. The van der Waals surface area contributed by atoms with Crippen LogP contribution < -0.4 is 5.73 Å². The molecular weight excluding hydrogens is 210 g/mol. The topological polar surface area (TPSA) is 43.8 Å². The van der Waals surface area contributed by atoms with Crippen LogP contribution in [0.15, 0.2) is 18.2 Å². The number of hydrogen-bond acceptors (Lipinski definition) is 2. The summed E-state index contributed by atoms with van der Waals surface area (Å²) in [5.41, 5.74) is 9.40. The van der Waals surface area contributed by atoms with E-state index < -0.39 is 0 Å². The Kier molecular flexibility index (Phi) is 3.36. The zero-order valence-electron chi connectivity index (χ0n) is 10.9. The molecule has 0 bridgehead atoms. The molecule has 0 saturated carbocycles. The minimum Gasteiger partial charge on any atom is -0.369 e. The molecule has 1 heterocycles. The van der Waals surface area contributed by atoms with Crippen LogP contribution in [0.3, 0.4) is 0 Å². The monoisotopic (exact) mass is 231 g/mol. The molecule has 0 aliphatic heterocycles. The minimum absolute atomic E-state index is 0.637. The Labute approximate surface area is 103 Å². The Balaban J connectivity index is 2.42. The zero-order chi connectivity index (χ0) is 12.4. The molecule has 0 amide bonds. The van der Waals surface area contributed by atoms with Crippen molar-refractivity contribution < 1.29 is 0 Å². The van der Waals surface area contributed by atoms with Gasteiger partial charge in [-0.15, -0.1) is 0 Å². The Bertz CT molecular complexity index is 509. The molecule has 1 aromatic heterocycles. The highest BCUT2D eigenvalue weighted by Crippen LogP contribution is 2.22. The lowest BCUT2D eigenvalue weighted by Gasteiger charge is -2.14. The molecule has 0 spiro atoms. The molecular formula is C14H21N3. The van der Waals surface area contributed by atoms with Gasteiger partial charge in [0, 0.05) is 6.54 Å². The van der Waals surface area contributed by atoms with Crippen LogP contribution in [0.25, 0.3) is 11.0 Å². The van der Waals surface area contributed by atoms with E-state index in [-0.39, 0.29) is 0 Å². The van der Waals surface area contributed by atoms with E-state index in [1.165, 1.54) is 18.4 Å². The van der Waals surface area contributed by atoms with Gasteiger partial charge in [0.25, 0.3) is 0 Å². The third-order valence-corrected chi connectivity index (χ3v) is 3.53. The Morgan fingerprint density at radius 3 is 2.65 bits per heavy atom. The van der Waals surface area contributed by atoms with Crippen molar-refractivity contribution >= 4 is 17.0 Å². The van der Waals surface area contributed by atoms with E-state index in [0.717, 1.165) is 17.6 Å². The van der Waals surface area contributed by atoms with Gasteiger partial charge in [-0.2, -0.15) is 0 Å². The van der Waals surface area contributed by atoms with Gasteiger partial charge in [0.15, 0.2) is 0 Å². The lowest BCUT2D eigenvalue weighted by Crippen LogP contribution is -2.11. The van der Waals surface area contributed by atoms with Crippen LogP contribution in [0, 0.1) is 12.8 Å². The summed E-state index contributed by atoms with van der Waals surface area (Å²) in [4.78, 5) is 4.44. The van der Waals surface area contributed by atoms with Crippen molar-refractivity contribution in [3.8, 4) is 0 Å². The molecule has 2 rings (SSSR count). The minimum atomic E-state index is 0.637. The van der Waals surface area contributed by atoms with Gasteiger partial charge in [0.05, 0.1) is 11.0 Å². The molecule has 0 aliphatic carbocycles. The first kappa shape index (κ1) is 12.0. The number of hydrogen-bond donors (Lipinski definition) is 1. The summed E-state index contributed by atoms with van der Waals surface area (Å²) >= 11 is 0. The Hall–Kier alpha value is -1.51. The fourth-order valence-corrected chi connectivity index (χ4v) is 2.26. The van der Waals surface area contributed by atoms with Gasteiger partial charge in [-0.05, 0) is 30.5 Å². The maximum atomic E-state index is 6.01. The van der Waals surface area contributed by atoms with E-state index >= 15 is 0 Å². The number of nitrogens with two attached hydrogens (primary N) is 1. The first-order chi connectivity index (χ1) is 8.15. The molecule has 92 valence electrons. The molecule has 0 aliphatic rings. The second-order valence-electron chi connectivity index (χ2n) is 4.76. The van der Waals surface area contributed by atoms with Gasteiger partial charge in [-0.25, -0.2) is 4.98 Å². The Morgan fingerprint density at radius 1 is 1.29 bits per heavy atom. The molecule has 17 heavy (non-hydrogen) atoms. The summed E-state index contributed by atoms with van der Waals surface area (Å²) in [6, 6.07) is 6.33. The fourth-order valence-electron chi connectivity index (χ4n) is 2.26. The number of anilines is 1. The van der Waals surface area contributed by atoms with Crippen molar-refractivity contribution in [1.82, 2.24) is 9.55 Å². The highest BCUT2D eigenvalue weighted by Gasteiger charge is 2.11. The predicted octanol–water partition coefficient (Wildman–Crippen LogP) is 3.36. The quantitative estimate of drug-likeness (QED) is 0.876. The average Bonchev–Trinajstić information content (AvgIpc) is 2.61. The van der Waals surface area contributed by atoms with Crippen LogP contribution in [0.2, 0.25) is 0 Å². The molecule has 0 fully saturated rings. The van der Waals surface area contributed by atoms with Gasteiger partial charge in [0.2, 0.25) is 5.95 Å². The van der Waals surface area contributed by atoms with Gasteiger partial charge < -0.3 is 10.3 Å². The van der Waals surface area contributed by atoms with E-state index in [1.807, 2.05) is 0 Å². The van der Waals surface area contributed by atoms with Gasteiger partial charge in [0.1, 0.15) is 0 Å². The number of aryl methyl sites for hydroxylation is 1. The lowest BCUT2D eigenvalue weighted by atomic mass is 10.0. The average molecular weight is 231 g/mol. The van der Waals surface area contributed by atoms with Crippen LogP contribution in [-0.4, -0.2) is 9.55 Å². The first-order valence-electron chi connectivity index (χ1n) is 6.38. The van der Waals surface area contributed by atoms with Crippen LogP contribution in [0.1, 0.15) is 32.3 Å². The molecule has 0 saturated heterocycles. The van der Waals surface area contributed by atoms with Crippen molar-refractivity contribution in [3.05, 3.63) is 23.8 Å². The van der Waals surface area contributed by atoms with Crippen LogP contribution >= 0.6 is 0 Å². The number of imidazole rings is 1.